The van der Waals surface area contributed by atoms with Crippen molar-refractivity contribution in [2.24, 2.45) is 0 Å². The van der Waals surface area contributed by atoms with Crippen molar-refractivity contribution in [1.29, 1.82) is 0 Å². The zero-order valence-electron chi connectivity index (χ0n) is 19.6. The Balaban J connectivity index is 1.67. The number of hydrogen-bond donors (Lipinski definition) is 0. The van der Waals surface area contributed by atoms with Crippen molar-refractivity contribution in [3.05, 3.63) is 62.5 Å². The average Bonchev–Trinajstić information content (AvgIpc) is 3.07. The third kappa shape index (κ3) is 4.83. The van der Waals surface area contributed by atoms with Gasteiger partial charge < -0.3 is 18.9 Å². The van der Waals surface area contributed by atoms with E-state index in [1.165, 1.54) is 20.3 Å². The lowest BCUT2D eigenvalue weighted by Crippen LogP contribution is -2.49. The number of amides is 1. The molecule has 182 valence electrons. The lowest BCUT2D eigenvalue weighted by atomic mass is 9.99. The van der Waals surface area contributed by atoms with Gasteiger partial charge in [-0.2, -0.15) is 0 Å². The van der Waals surface area contributed by atoms with Crippen LogP contribution in [0.5, 0.6) is 5.75 Å². The first kappa shape index (κ1) is 24.3. The van der Waals surface area contributed by atoms with Crippen LogP contribution in [0, 0.1) is 0 Å². The Labute approximate surface area is 204 Å². The van der Waals surface area contributed by atoms with Crippen molar-refractivity contribution < 1.29 is 19.1 Å². The van der Waals surface area contributed by atoms with Crippen molar-refractivity contribution in [2.75, 3.05) is 33.9 Å². The molecule has 0 saturated carbocycles. The maximum Gasteiger partial charge on any atom is 0.328 e. The molecule has 8 nitrogen and oxygen atoms in total. The molecular weight excluding hydrogens is 458 g/mol. The molecule has 3 heterocycles. The topological polar surface area (TPSA) is 81.1 Å². The molecule has 2 aliphatic heterocycles. The molecule has 1 saturated heterocycles. The minimum Gasteiger partial charge on any atom is -0.496 e. The van der Waals surface area contributed by atoms with Crippen LogP contribution in [-0.2, 0) is 29.0 Å². The smallest absolute Gasteiger partial charge is 0.328 e. The number of piperidine rings is 1. The number of ether oxygens (including phenoxy) is 2. The summed E-state index contributed by atoms with van der Waals surface area (Å²) in [5.74, 6) is -0.470. The Morgan fingerprint density at radius 2 is 1.88 bits per heavy atom. The average molecular weight is 488 g/mol. The molecule has 2 aromatic rings. The molecule has 0 unspecified atom stereocenters. The van der Waals surface area contributed by atoms with Crippen molar-refractivity contribution in [3.8, 4) is 5.75 Å². The van der Waals surface area contributed by atoms with Gasteiger partial charge in [-0.15, -0.1) is 0 Å². The summed E-state index contributed by atoms with van der Waals surface area (Å²) in [7, 11) is 2.79. The number of fused-ring (bicyclic) bond motifs is 1. The van der Waals surface area contributed by atoms with E-state index in [0.29, 0.717) is 61.8 Å². The second kappa shape index (κ2) is 10.6. The number of halogens is 1. The highest BCUT2D eigenvalue weighted by Crippen LogP contribution is 2.28. The Morgan fingerprint density at radius 3 is 2.62 bits per heavy atom. The summed E-state index contributed by atoms with van der Waals surface area (Å²) in [5, 5.41) is 0.706. The first-order chi connectivity index (χ1) is 16.4. The molecule has 0 N–H and O–H groups in total. The maximum atomic E-state index is 13.8. The van der Waals surface area contributed by atoms with Gasteiger partial charge in [0.1, 0.15) is 17.4 Å². The largest absolute Gasteiger partial charge is 0.496 e. The fourth-order valence-corrected chi connectivity index (χ4v) is 5.11. The molecule has 1 atom stereocenters. The van der Waals surface area contributed by atoms with Gasteiger partial charge in [0.25, 0.3) is 11.5 Å². The number of carbonyl (C=O) groups is 2. The first-order valence-corrected chi connectivity index (χ1v) is 12.0. The van der Waals surface area contributed by atoms with Gasteiger partial charge >= 0.3 is 5.97 Å². The van der Waals surface area contributed by atoms with Crippen LogP contribution in [0.3, 0.4) is 0 Å². The van der Waals surface area contributed by atoms with Crippen molar-refractivity contribution in [3.63, 3.8) is 0 Å². The maximum absolute atomic E-state index is 13.8. The fourth-order valence-electron chi connectivity index (χ4n) is 4.91. The van der Waals surface area contributed by atoms with Crippen LogP contribution >= 0.6 is 11.6 Å². The number of likely N-dealkylation sites (tertiary alicyclic amines) is 1. The van der Waals surface area contributed by atoms with E-state index in [0.717, 1.165) is 18.4 Å². The van der Waals surface area contributed by atoms with E-state index in [2.05, 4.69) is 4.90 Å². The summed E-state index contributed by atoms with van der Waals surface area (Å²) >= 11 is 6.36. The van der Waals surface area contributed by atoms with Gasteiger partial charge in [-0.1, -0.05) is 29.8 Å². The standard InChI is InChI=1S/C25H30ClN3O5/c1-33-21-15-22(30)28-14-13-27(16-17-7-3-4-8-18(17)26)12-10-19(28)23(21)24(31)29-11-6-5-9-20(29)25(32)34-2/h3-4,7-8,15,20H,5-6,9-14,16H2,1-2H3/t20-/m0/s1. The summed E-state index contributed by atoms with van der Waals surface area (Å²) in [6.45, 7) is 2.85. The summed E-state index contributed by atoms with van der Waals surface area (Å²) in [6.07, 6.45) is 2.71. The van der Waals surface area contributed by atoms with E-state index in [9.17, 15) is 14.4 Å². The molecule has 1 aromatic carbocycles. The normalized spacial score (nSPS) is 18.7. The monoisotopic (exact) mass is 487 g/mol. The number of aromatic nitrogens is 1. The van der Waals surface area contributed by atoms with Gasteiger partial charge in [-0.05, 0) is 30.9 Å². The van der Waals surface area contributed by atoms with Crippen molar-refractivity contribution in [2.45, 2.75) is 44.8 Å². The highest BCUT2D eigenvalue weighted by molar-refractivity contribution is 6.31. The van der Waals surface area contributed by atoms with Crippen LogP contribution in [0.25, 0.3) is 0 Å². The second-order valence-corrected chi connectivity index (χ2v) is 9.08. The van der Waals surface area contributed by atoms with E-state index < -0.39 is 12.0 Å². The van der Waals surface area contributed by atoms with E-state index in [-0.39, 0.29) is 17.2 Å². The van der Waals surface area contributed by atoms with Crippen molar-refractivity contribution in [1.82, 2.24) is 14.4 Å². The van der Waals surface area contributed by atoms with Crippen LogP contribution < -0.4 is 10.3 Å². The van der Waals surface area contributed by atoms with E-state index >= 15 is 0 Å². The van der Waals surface area contributed by atoms with E-state index in [1.54, 1.807) is 9.47 Å². The second-order valence-electron chi connectivity index (χ2n) is 8.68. The predicted molar refractivity (Wildman–Crippen MR) is 128 cm³/mol. The molecule has 0 spiro atoms. The molecule has 0 aliphatic carbocycles. The summed E-state index contributed by atoms with van der Waals surface area (Å²) in [5.41, 5.74) is 1.82. The van der Waals surface area contributed by atoms with Crippen LogP contribution in [-0.4, -0.2) is 66.1 Å². The summed E-state index contributed by atoms with van der Waals surface area (Å²) < 4.78 is 12.1. The predicted octanol–water partition coefficient (Wildman–Crippen LogP) is 2.74. The lowest BCUT2D eigenvalue weighted by Gasteiger charge is -2.34. The molecule has 0 radical (unpaired) electrons. The number of pyridine rings is 1. The van der Waals surface area contributed by atoms with Gasteiger partial charge in [-0.25, -0.2) is 4.79 Å². The molecule has 1 amide bonds. The molecule has 2 aliphatic rings. The van der Waals surface area contributed by atoms with Crippen LogP contribution in [0.15, 0.2) is 35.1 Å². The third-order valence-corrected chi connectivity index (χ3v) is 7.08. The summed E-state index contributed by atoms with van der Waals surface area (Å²) in [6, 6.07) is 8.45. The SMILES string of the molecule is COC(=O)[C@@H]1CCCCN1C(=O)c1c(OC)cc(=O)n2c1CCN(Cc1ccccc1Cl)CC2. The molecular formula is C25H30ClN3O5. The van der Waals surface area contributed by atoms with Gasteiger partial charge in [0.15, 0.2) is 0 Å². The summed E-state index contributed by atoms with van der Waals surface area (Å²) in [4.78, 5) is 42.9. The number of hydrogen-bond acceptors (Lipinski definition) is 6. The molecule has 0 bridgehead atoms. The highest BCUT2D eigenvalue weighted by atomic mass is 35.5. The Kier molecular flexibility index (Phi) is 7.58. The number of methoxy groups -OCH3 is 2. The molecule has 1 fully saturated rings. The number of esters is 1. The van der Waals surface area contributed by atoms with Gasteiger partial charge in [0, 0.05) is 55.9 Å². The zero-order valence-corrected chi connectivity index (χ0v) is 20.3. The van der Waals surface area contributed by atoms with Crippen LogP contribution in [0.1, 0.15) is 40.9 Å². The Bertz CT molecular complexity index is 1130. The number of benzene rings is 1. The van der Waals surface area contributed by atoms with Crippen molar-refractivity contribution >= 4 is 23.5 Å². The first-order valence-electron chi connectivity index (χ1n) is 11.6. The molecule has 4 rings (SSSR count). The minimum absolute atomic E-state index is 0.203. The zero-order chi connectivity index (χ0) is 24.2. The van der Waals surface area contributed by atoms with Gasteiger partial charge in [0.2, 0.25) is 0 Å². The van der Waals surface area contributed by atoms with E-state index in [1.807, 2.05) is 24.3 Å². The quantitative estimate of drug-likeness (QED) is 0.603. The van der Waals surface area contributed by atoms with Gasteiger partial charge in [-0.3, -0.25) is 14.5 Å². The molecule has 1 aromatic heterocycles. The Morgan fingerprint density at radius 1 is 1.09 bits per heavy atom. The van der Waals surface area contributed by atoms with Gasteiger partial charge in [0.05, 0.1) is 14.2 Å². The van der Waals surface area contributed by atoms with Crippen LogP contribution in [0.4, 0.5) is 0 Å². The number of nitrogens with zero attached hydrogens (tertiary/aromatic N) is 3. The fraction of sp³-hybridized carbons (Fsp3) is 0.480. The molecule has 34 heavy (non-hydrogen) atoms. The van der Waals surface area contributed by atoms with E-state index in [4.69, 9.17) is 21.1 Å². The minimum atomic E-state index is -0.633. The highest BCUT2D eigenvalue weighted by Gasteiger charge is 2.36. The number of rotatable bonds is 5. The Hall–Kier alpha value is -2.84. The number of carbonyl (C=O) groups excluding carboxylic acids is 2. The molecule has 9 heteroatoms. The van der Waals surface area contributed by atoms with Crippen LogP contribution in [0.2, 0.25) is 5.02 Å². The lowest BCUT2D eigenvalue weighted by molar-refractivity contribution is -0.147. The third-order valence-electron chi connectivity index (χ3n) is 6.71.